The molecule has 0 aliphatic carbocycles. The van der Waals surface area contributed by atoms with E-state index in [9.17, 15) is 10.4 Å². The Morgan fingerprint density at radius 2 is 0.857 bits per heavy atom. The van der Waals surface area contributed by atoms with Gasteiger partial charge in [-0.3, -0.25) is 0 Å². The molecular weight excluding hydrogens is 364 g/mol. The van der Waals surface area contributed by atoms with E-state index < -0.39 is 0 Å². The van der Waals surface area contributed by atoms with Crippen molar-refractivity contribution in [2.75, 3.05) is 26.2 Å². The molecular formula is C18H40N6O4. The van der Waals surface area contributed by atoms with Crippen LogP contribution in [0.2, 0.25) is 0 Å². The molecule has 0 amide bonds. The Labute approximate surface area is 169 Å². The van der Waals surface area contributed by atoms with Gasteiger partial charge in [0.1, 0.15) is 0 Å². The van der Waals surface area contributed by atoms with Gasteiger partial charge in [0.05, 0.1) is 36.1 Å². The van der Waals surface area contributed by atoms with Crippen LogP contribution in [0.4, 0.5) is 0 Å². The van der Waals surface area contributed by atoms with Gasteiger partial charge in [-0.15, -0.1) is 10.0 Å². The lowest BCUT2D eigenvalue weighted by molar-refractivity contribution is -0.710. The first-order valence-electron chi connectivity index (χ1n) is 10.7. The first-order chi connectivity index (χ1) is 13.6. The first kappa shape index (κ1) is 26.0. The van der Waals surface area contributed by atoms with Crippen LogP contribution in [0.15, 0.2) is 10.6 Å². The van der Waals surface area contributed by atoms with E-state index in [4.69, 9.17) is 10.4 Å². The van der Waals surface area contributed by atoms with Gasteiger partial charge in [-0.05, 0) is 25.7 Å². The fourth-order valence-electron chi connectivity index (χ4n) is 3.06. The quantitative estimate of drug-likeness (QED) is 0.137. The zero-order valence-electron chi connectivity index (χ0n) is 17.7. The lowest BCUT2D eigenvalue weighted by atomic mass is 10.1. The summed E-state index contributed by atoms with van der Waals surface area (Å²) in [6, 6.07) is 0. The summed E-state index contributed by atoms with van der Waals surface area (Å²) in [4.78, 5) is 0.532. The van der Waals surface area contributed by atoms with Gasteiger partial charge in [0, 0.05) is 0 Å². The van der Waals surface area contributed by atoms with Crippen molar-refractivity contribution < 1.29 is 20.4 Å². The summed E-state index contributed by atoms with van der Waals surface area (Å²) in [5.41, 5.74) is 0. The van der Waals surface area contributed by atoms with Gasteiger partial charge in [0.2, 0.25) is 10.6 Å². The average molecular weight is 405 g/mol. The molecule has 0 bridgehead atoms. The minimum atomic E-state index is 0.266. The molecule has 0 aromatic rings. The van der Waals surface area contributed by atoms with Gasteiger partial charge >= 0.3 is 0 Å². The van der Waals surface area contributed by atoms with Crippen molar-refractivity contribution in [2.45, 2.75) is 90.9 Å². The van der Waals surface area contributed by atoms with Gasteiger partial charge in [-0.2, -0.15) is 0 Å². The van der Waals surface area contributed by atoms with Crippen LogP contribution >= 0.6 is 0 Å². The fourth-order valence-corrected chi connectivity index (χ4v) is 3.06. The Balaban J connectivity index is 4.07. The molecule has 0 aliphatic rings. The van der Waals surface area contributed by atoms with E-state index in [-0.39, 0.29) is 9.94 Å². The van der Waals surface area contributed by atoms with Crippen molar-refractivity contribution in [2.24, 2.45) is 10.6 Å². The van der Waals surface area contributed by atoms with Crippen molar-refractivity contribution >= 4 is 0 Å². The second-order valence-corrected chi connectivity index (χ2v) is 7.13. The second kappa shape index (κ2) is 18.4. The van der Waals surface area contributed by atoms with Gasteiger partial charge in [-0.1, -0.05) is 65.2 Å². The summed E-state index contributed by atoms with van der Waals surface area (Å²) < 4.78 is 0. The summed E-state index contributed by atoms with van der Waals surface area (Å²) in [6.45, 7) is 6.52. The van der Waals surface area contributed by atoms with Gasteiger partial charge in [-0.25, -0.2) is 0 Å². The molecule has 0 rings (SSSR count). The molecule has 0 heterocycles. The molecule has 28 heavy (non-hydrogen) atoms. The van der Waals surface area contributed by atoms with E-state index in [1.807, 2.05) is 0 Å². The monoisotopic (exact) mass is 404 g/mol. The van der Waals surface area contributed by atoms with E-state index in [2.05, 4.69) is 24.4 Å². The largest absolute Gasteiger partial charge is 0.569 e. The Morgan fingerprint density at radius 3 is 1.11 bits per heavy atom. The lowest BCUT2D eigenvalue weighted by Crippen LogP contribution is -2.33. The van der Waals surface area contributed by atoms with Crippen LogP contribution in [0.1, 0.15) is 90.9 Å². The number of nitrogens with zero attached hydrogens (tertiary/aromatic N) is 6. The Hall–Kier alpha value is -2.00. The Morgan fingerprint density at radius 1 is 0.571 bits per heavy atom. The molecule has 0 aromatic heterocycles. The SMILES string of the molecule is CCCCCCN(CCCCCCN(CCCCCC)[N+]([O-])=NO)[N+]([O-])=NO. The highest BCUT2D eigenvalue weighted by Crippen LogP contribution is 2.08. The Kier molecular flexibility index (Phi) is 17.1. The number of rotatable bonds is 19. The van der Waals surface area contributed by atoms with Gasteiger partial charge < -0.3 is 20.8 Å². The van der Waals surface area contributed by atoms with Crippen LogP contribution in [0.5, 0.6) is 0 Å². The minimum absolute atomic E-state index is 0.266. The van der Waals surface area contributed by atoms with Crippen LogP contribution < -0.4 is 0 Å². The zero-order chi connectivity index (χ0) is 21.0. The third kappa shape index (κ3) is 13.2. The number of hydrogen-bond acceptors (Lipinski definition) is 4. The Bertz CT molecular complexity index is 385. The minimum Gasteiger partial charge on any atom is -0.569 e. The van der Waals surface area contributed by atoms with Crippen molar-refractivity contribution in [1.82, 2.24) is 10.0 Å². The molecule has 0 saturated heterocycles. The average Bonchev–Trinajstić information content (AvgIpc) is 2.72. The normalized spacial score (nSPS) is 12.4. The summed E-state index contributed by atoms with van der Waals surface area (Å²) in [5.74, 6) is 0. The smallest absolute Gasteiger partial charge is 0.230 e. The highest BCUT2D eigenvalue weighted by molar-refractivity contribution is 4.53. The molecule has 0 radical (unpaired) electrons. The fraction of sp³-hybridized carbons (Fsp3) is 1.00. The second-order valence-electron chi connectivity index (χ2n) is 7.13. The highest BCUT2D eigenvalue weighted by Gasteiger charge is 2.14. The molecule has 0 aliphatic heterocycles. The van der Waals surface area contributed by atoms with Crippen LogP contribution in [-0.4, -0.2) is 56.6 Å². The van der Waals surface area contributed by atoms with E-state index in [1.165, 1.54) is 10.0 Å². The van der Waals surface area contributed by atoms with Crippen LogP contribution in [0.3, 0.4) is 0 Å². The van der Waals surface area contributed by atoms with Crippen LogP contribution in [-0.2, 0) is 0 Å². The molecule has 2 N–H and O–H groups in total. The molecule has 0 fully saturated rings. The summed E-state index contributed by atoms with van der Waals surface area (Å²) in [6.07, 6.45) is 11.9. The molecule has 0 unspecified atom stereocenters. The van der Waals surface area contributed by atoms with Crippen LogP contribution in [0.25, 0.3) is 0 Å². The molecule has 0 aromatic carbocycles. The highest BCUT2D eigenvalue weighted by atomic mass is 16.6. The molecule has 10 heteroatoms. The van der Waals surface area contributed by atoms with Gasteiger partial charge in [0.15, 0.2) is 0 Å². The molecule has 0 atom stereocenters. The summed E-state index contributed by atoms with van der Waals surface area (Å²) in [7, 11) is 0. The van der Waals surface area contributed by atoms with Crippen molar-refractivity contribution in [3.63, 3.8) is 0 Å². The molecule has 0 saturated carbocycles. The lowest BCUT2D eigenvalue weighted by Gasteiger charge is -2.18. The zero-order valence-corrected chi connectivity index (χ0v) is 17.7. The predicted octanol–water partition coefficient (Wildman–Crippen LogP) is 4.84. The third-order valence-corrected chi connectivity index (χ3v) is 4.76. The maximum Gasteiger partial charge on any atom is 0.230 e. The standard InChI is InChI=1S/C18H40N6O4/c1-3-5-7-11-15-21(23(27)19-25)17-13-9-10-14-18-22(24(28)20-26)16-12-8-6-4-2/h25-26H,3-18H2,1-2H3. The topological polar surface area (TPSA) is 124 Å². The van der Waals surface area contributed by atoms with E-state index in [0.717, 1.165) is 77.0 Å². The van der Waals surface area contributed by atoms with Crippen molar-refractivity contribution in [3.8, 4) is 0 Å². The van der Waals surface area contributed by atoms with Gasteiger partial charge in [0.25, 0.3) is 0 Å². The summed E-state index contributed by atoms with van der Waals surface area (Å²) in [5, 5.41) is 49.1. The van der Waals surface area contributed by atoms with E-state index >= 15 is 0 Å². The predicted molar refractivity (Wildman–Crippen MR) is 106 cm³/mol. The number of unbranched alkanes of at least 4 members (excludes halogenated alkanes) is 9. The third-order valence-electron chi connectivity index (χ3n) is 4.76. The number of hydrazine groups is 2. The summed E-state index contributed by atoms with van der Waals surface area (Å²) >= 11 is 0. The molecule has 0 spiro atoms. The van der Waals surface area contributed by atoms with Crippen LogP contribution in [0, 0.1) is 10.4 Å². The van der Waals surface area contributed by atoms with Crippen molar-refractivity contribution in [1.29, 1.82) is 0 Å². The maximum atomic E-state index is 11.6. The first-order valence-corrected chi connectivity index (χ1v) is 10.7. The molecule has 10 nitrogen and oxygen atoms in total. The molecule has 166 valence electrons. The number of hydrogen-bond donors (Lipinski definition) is 2. The van der Waals surface area contributed by atoms with E-state index in [0.29, 0.717) is 26.2 Å². The maximum absolute atomic E-state index is 11.6. The van der Waals surface area contributed by atoms with Crippen molar-refractivity contribution in [3.05, 3.63) is 10.4 Å². The van der Waals surface area contributed by atoms with E-state index in [1.54, 1.807) is 0 Å².